The van der Waals surface area contributed by atoms with Crippen molar-refractivity contribution in [1.82, 2.24) is 0 Å². The SMILES string of the molecule is CCCCCC1(c2ccccc2)C=CC=C(O)C1O. The maximum atomic E-state index is 10.5. The molecule has 0 radical (unpaired) electrons. The molecule has 102 valence electrons. The van der Waals surface area contributed by atoms with Crippen LogP contribution in [0.15, 0.2) is 54.3 Å². The Labute approximate surface area is 115 Å². The fraction of sp³-hybridized carbons (Fsp3) is 0.412. The fourth-order valence-corrected chi connectivity index (χ4v) is 2.80. The summed E-state index contributed by atoms with van der Waals surface area (Å²) in [4.78, 5) is 0. The van der Waals surface area contributed by atoms with Crippen LogP contribution in [-0.2, 0) is 5.41 Å². The molecular formula is C17H22O2. The van der Waals surface area contributed by atoms with Crippen LogP contribution in [0.1, 0.15) is 38.2 Å². The zero-order valence-corrected chi connectivity index (χ0v) is 11.4. The summed E-state index contributed by atoms with van der Waals surface area (Å²) in [5, 5.41) is 20.4. The Hall–Kier alpha value is -1.54. The summed E-state index contributed by atoms with van der Waals surface area (Å²) < 4.78 is 0. The van der Waals surface area contributed by atoms with Crippen molar-refractivity contribution in [3.63, 3.8) is 0 Å². The van der Waals surface area contributed by atoms with Gasteiger partial charge in [-0.1, -0.05) is 68.7 Å². The van der Waals surface area contributed by atoms with Crippen LogP contribution in [0.2, 0.25) is 0 Å². The van der Waals surface area contributed by atoms with Gasteiger partial charge in [0.15, 0.2) is 0 Å². The Morgan fingerprint density at radius 3 is 2.58 bits per heavy atom. The van der Waals surface area contributed by atoms with Crippen molar-refractivity contribution in [3.05, 3.63) is 59.9 Å². The lowest BCUT2D eigenvalue weighted by molar-refractivity contribution is 0.0861. The van der Waals surface area contributed by atoms with Crippen LogP contribution in [0.5, 0.6) is 0 Å². The number of aliphatic hydroxyl groups is 2. The highest BCUT2D eigenvalue weighted by Crippen LogP contribution is 2.39. The predicted octanol–water partition coefficient (Wildman–Crippen LogP) is 3.88. The van der Waals surface area contributed by atoms with Crippen molar-refractivity contribution in [3.8, 4) is 0 Å². The molecule has 0 saturated carbocycles. The van der Waals surface area contributed by atoms with Gasteiger partial charge in [-0.15, -0.1) is 0 Å². The van der Waals surface area contributed by atoms with Crippen molar-refractivity contribution >= 4 is 0 Å². The third-order valence-corrected chi connectivity index (χ3v) is 3.93. The molecule has 2 rings (SSSR count). The van der Waals surface area contributed by atoms with E-state index in [4.69, 9.17) is 0 Å². The number of benzene rings is 1. The molecular weight excluding hydrogens is 236 g/mol. The molecule has 2 unspecified atom stereocenters. The first kappa shape index (κ1) is 13.9. The molecule has 1 aliphatic carbocycles. The van der Waals surface area contributed by atoms with Crippen LogP contribution in [0.25, 0.3) is 0 Å². The molecule has 1 aliphatic rings. The van der Waals surface area contributed by atoms with E-state index in [1.54, 1.807) is 6.08 Å². The maximum Gasteiger partial charge on any atom is 0.124 e. The van der Waals surface area contributed by atoms with Gasteiger partial charge in [0.25, 0.3) is 0 Å². The minimum Gasteiger partial charge on any atom is -0.510 e. The van der Waals surface area contributed by atoms with E-state index in [1.807, 2.05) is 42.5 Å². The minimum atomic E-state index is -0.850. The van der Waals surface area contributed by atoms with Gasteiger partial charge < -0.3 is 10.2 Å². The van der Waals surface area contributed by atoms with Gasteiger partial charge in [-0.05, 0) is 18.1 Å². The first-order valence-corrected chi connectivity index (χ1v) is 7.02. The van der Waals surface area contributed by atoms with Crippen LogP contribution in [0.4, 0.5) is 0 Å². The molecule has 2 atom stereocenters. The highest BCUT2D eigenvalue weighted by Gasteiger charge is 2.40. The number of unbranched alkanes of at least 4 members (excludes halogenated alkanes) is 2. The van der Waals surface area contributed by atoms with Crippen LogP contribution >= 0.6 is 0 Å². The van der Waals surface area contributed by atoms with Crippen LogP contribution in [0, 0.1) is 0 Å². The Kier molecular flexibility index (Phi) is 4.43. The number of rotatable bonds is 5. The molecule has 0 heterocycles. The first-order chi connectivity index (χ1) is 9.20. The van der Waals surface area contributed by atoms with Gasteiger partial charge in [-0.25, -0.2) is 0 Å². The summed E-state index contributed by atoms with van der Waals surface area (Å²) in [7, 11) is 0. The number of hydrogen-bond acceptors (Lipinski definition) is 2. The van der Waals surface area contributed by atoms with E-state index in [9.17, 15) is 10.2 Å². The first-order valence-electron chi connectivity index (χ1n) is 7.02. The van der Waals surface area contributed by atoms with Crippen molar-refractivity contribution < 1.29 is 10.2 Å². The van der Waals surface area contributed by atoms with Crippen molar-refractivity contribution in [2.75, 3.05) is 0 Å². The molecule has 0 amide bonds. The normalized spacial score (nSPS) is 26.2. The maximum absolute atomic E-state index is 10.5. The van der Waals surface area contributed by atoms with Crippen LogP contribution < -0.4 is 0 Å². The minimum absolute atomic E-state index is 0.0582. The lowest BCUT2D eigenvalue weighted by Gasteiger charge is -2.37. The molecule has 0 aliphatic heterocycles. The van der Waals surface area contributed by atoms with Gasteiger partial charge in [0.05, 0.1) is 0 Å². The zero-order valence-electron chi connectivity index (χ0n) is 11.4. The second-order valence-electron chi connectivity index (χ2n) is 5.22. The quantitative estimate of drug-likeness (QED) is 0.787. The van der Waals surface area contributed by atoms with E-state index in [0.29, 0.717) is 0 Å². The van der Waals surface area contributed by atoms with E-state index in [0.717, 1.165) is 31.2 Å². The van der Waals surface area contributed by atoms with E-state index >= 15 is 0 Å². The monoisotopic (exact) mass is 258 g/mol. The second-order valence-corrected chi connectivity index (χ2v) is 5.22. The standard InChI is InChI=1S/C17H22O2/c1-2-3-7-12-17(14-9-5-4-6-10-14)13-8-11-15(18)16(17)19/h4-6,8-11,13,16,18-19H,2-3,7,12H2,1H3. The zero-order chi connectivity index (χ0) is 13.7. The van der Waals surface area contributed by atoms with Gasteiger partial charge in [0.1, 0.15) is 11.9 Å². The molecule has 0 spiro atoms. The summed E-state index contributed by atoms with van der Waals surface area (Å²) in [6.45, 7) is 2.17. The summed E-state index contributed by atoms with van der Waals surface area (Å²) >= 11 is 0. The summed E-state index contributed by atoms with van der Waals surface area (Å²) in [5.41, 5.74) is 0.574. The van der Waals surface area contributed by atoms with Gasteiger partial charge in [0, 0.05) is 5.41 Å². The van der Waals surface area contributed by atoms with Crippen LogP contribution in [-0.4, -0.2) is 16.3 Å². The van der Waals surface area contributed by atoms with E-state index in [1.165, 1.54) is 0 Å². The molecule has 2 nitrogen and oxygen atoms in total. The topological polar surface area (TPSA) is 40.5 Å². The largest absolute Gasteiger partial charge is 0.510 e. The van der Waals surface area contributed by atoms with E-state index in [-0.39, 0.29) is 5.76 Å². The molecule has 2 heteroatoms. The predicted molar refractivity (Wildman–Crippen MR) is 78.1 cm³/mol. The summed E-state index contributed by atoms with van der Waals surface area (Å²) in [6.07, 6.45) is 8.78. The lowest BCUT2D eigenvalue weighted by Crippen LogP contribution is -2.40. The van der Waals surface area contributed by atoms with E-state index < -0.39 is 11.5 Å². The Balaban J connectivity index is 2.34. The van der Waals surface area contributed by atoms with E-state index in [2.05, 4.69) is 6.92 Å². The number of hydrogen-bond donors (Lipinski definition) is 2. The van der Waals surface area contributed by atoms with Gasteiger partial charge >= 0.3 is 0 Å². The lowest BCUT2D eigenvalue weighted by atomic mass is 9.69. The second kappa shape index (κ2) is 6.07. The van der Waals surface area contributed by atoms with Crippen molar-refractivity contribution in [2.24, 2.45) is 0 Å². The molecule has 0 fully saturated rings. The molecule has 0 saturated heterocycles. The molecule has 19 heavy (non-hydrogen) atoms. The van der Waals surface area contributed by atoms with Crippen LogP contribution in [0.3, 0.4) is 0 Å². The molecule has 1 aromatic rings. The highest BCUT2D eigenvalue weighted by molar-refractivity contribution is 5.40. The molecule has 0 aromatic heterocycles. The molecule has 1 aromatic carbocycles. The number of allylic oxidation sites excluding steroid dienone is 2. The van der Waals surface area contributed by atoms with Gasteiger partial charge in [-0.2, -0.15) is 0 Å². The van der Waals surface area contributed by atoms with Crippen molar-refractivity contribution in [2.45, 2.75) is 44.1 Å². The average Bonchev–Trinajstić information content (AvgIpc) is 2.45. The Morgan fingerprint density at radius 1 is 1.16 bits per heavy atom. The summed E-state index contributed by atoms with van der Waals surface area (Å²) in [5.74, 6) is 0.0582. The average molecular weight is 258 g/mol. The Morgan fingerprint density at radius 2 is 1.89 bits per heavy atom. The Bertz CT molecular complexity index is 461. The number of aliphatic hydroxyl groups excluding tert-OH is 2. The molecule has 2 N–H and O–H groups in total. The van der Waals surface area contributed by atoms with Crippen molar-refractivity contribution in [1.29, 1.82) is 0 Å². The van der Waals surface area contributed by atoms with Gasteiger partial charge in [0.2, 0.25) is 0 Å². The molecule has 0 bridgehead atoms. The fourth-order valence-electron chi connectivity index (χ4n) is 2.80. The smallest absolute Gasteiger partial charge is 0.124 e. The summed E-state index contributed by atoms with van der Waals surface area (Å²) in [6, 6.07) is 9.98. The highest BCUT2D eigenvalue weighted by atomic mass is 16.3. The third kappa shape index (κ3) is 2.74. The third-order valence-electron chi connectivity index (χ3n) is 3.93. The van der Waals surface area contributed by atoms with Gasteiger partial charge in [-0.3, -0.25) is 0 Å².